The van der Waals surface area contributed by atoms with E-state index in [1.807, 2.05) is 6.07 Å². The first-order valence-electron chi connectivity index (χ1n) is 7.71. The number of carbonyl (C=O) groups excluding carboxylic acids is 1. The molecule has 1 amide bonds. The van der Waals surface area contributed by atoms with E-state index in [4.69, 9.17) is 4.74 Å². The third-order valence-corrected chi connectivity index (χ3v) is 4.34. The minimum atomic E-state index is -1.14. The van der Waals surface area contributed by atoms with Gasteiger partial charge in [0.15, 0.2) is 0 Å². The van der Waals surface area contributed by atoms with Gasteiger partial charge in [0, 0.05) is 16.2 Å². The van der Waals surface area contributed by atoms with Crippen LogP contribution in [0.25, 0.3) is 10.4 Å². The van der Waals surface area contributed by atoms with E-state index in [9.17, 15) is 19.1 Å². The molecule has 0 aliphatic carbocycles. The molecule has 2 aromatic rings. The molecule has 7 heteroatoms. The average Bonchev–Trinajstić information content (AvgIpc) is 2.94. The lowest BCUT2D eigenvalue weighted by atomic mass is 10.1. The van der Waals surface area contributed by atoms with Gasteiger partial charge in [0.2, 0.25) is 0 Å². The van der Waals surface area contributed by atoms with Crippen molar-refractivity contribution in [2.24, 2.45) is 0 Å². The molecule has 5 nitrogen and oxygen atoms in total. The van der Waals surface area contributed by atoms with Crippen LogP contribution < -0.4 is 5.32 Å². The SMILES string of the molecule is CC(C)(C)OC(=O)NC(Cc1ccc(-c2ccc(F)cc2)s1)C(=O)O. The summed E-state index contributed by atoms with van der Waals surface area (Å²) in [5.74, 6) is -1.45. The van der Waals surface area contributed by atoms with Crippen molar-refractivity contribution in [3.05, 3.63) is 47.1 Å². The number of carbonyl (C=O) groups is 2. The Balaban J connectivity index is 2.06. The van der Waals surface area contributed by atoms with Crippen molar-refractivity contribution < 1.29 is 23.8 Å². The van der Waals surface area contributed by atoms with Gasteiger partial charge >= 0.3 is 12.1 Å². The summed E-state index contributed by atoms with van der Waals surface area (Å²) in [6.07, 6.45) is -0.629. The highest BCUT2D eigenvalue weighted by Crippen LogP contribution is 2.29. The van der Waals surface area contributed by atoms with E-state index in [-0.39, 0.29) is 12.2 Å². The number of amides is 1. The summed E-state index contributed by atoms with van der Waals surface area (Å²) in [6, 6.07) is 8.64. The number of hydrogen-bond acceptors (Lipinski definition) is 4. The molecule has 2 rings (SSSR count). The number of hydrogen-bond donors (Lipinski definition) is 2. The number of benzene rings is 1. The van der Waals surface area contributed by atoms with Crippen molar-refractivity contribution in [1.82, 2.24) is 5.32 Å². The molecule has 0 fully saturated rings. The summed E-state index contributed by atoms with van der Waals surface area (Å²) in [5, 5.41) is 11.7. The first-order chi connectivity index (χ1) is 11.6. The smallest absolute Gasteiger partial charge is 0.408 e. The number of ether oxygens (including phenoxy) is 1. The fourth-order valence-corrected chi connectivity index (χ4v) is 3.17. The Labute approximate surface area is 149 Å². The molecule has 1 aromatic carbocycles. The fraction of sp³-hybridized carbons (Fsp3) is 0.333. The maximum absolute atomic E-state index is 13.0. The van der Waals surface area contributed by atoms with Crippen LogP contribution in [0, 0.1) is 5.82 Å². The number of nitrogens with one attached hydrogen (secondary N) is 1. The lowest BCUT2D eigenvalue weighted by Gasteiger charge is -2.21. The van der Waals surface area contributed by atoms with E-state index in [0.29, 0.717) is 0 Å². The number of rotatable bonds is 5. The highest BCUT2D eigenvalue weighted by atomic mass is 32.1. The standard InChI is InChI=1S/C18H20FNO4S/c1-18(2,3)24-17(23)20-14(16(21)22)10-13-8-9-15(25-13)11-4-6-12(19)7-5-11/h4-9,14H,10H2,1-3H3,(H,20,23)(H,21,22). The Morgan fingerprint density at radius 3 is 2.40 bits per heavy atom. The van der Waals surface area contributed by atoms with E-state index in [2.05, 4.69) is 5.32 Å². The average molecular weight is 365 g/mol. The summed E-state index contributed by atoms with van der Waals surface area (Å²) in [6.45, 7) is 5.11. The van der Waals surface area contributed by atoms with E-state index < -0.39 is 23.7 Å². The molecule has 0 saturated heterocycles. The van der Waals surface area contributed by atoms with Gasteiger partial charge in [-0.15, -0.1) is 11.3 Å². The minimum Gasteiger partial charge on any atom is -0.480 e. The second kappa shape index (κ2) is 7.65. The topological polar surface area (TPSA) is 75.6 Å². The number of carboxylic acid groups (broad SMARTS) is 1. The van der Waals surface area contributed by atoms with Crippen LogP contribution in [-0.2, 0) is 16.0 Å². The zero-order valence-corrected chi connectivity index (χ0v) is 15.0. The molecule has 1 unspecified atom stereocenters. The monoisotopic (exact) mass is 365 g/mol. The zero-order valence-electron chi connectivity index (χ0n) is 14.2. The Bertz CT molecular complexity index is 749. The summed E-state index contributed by atoms with van der Waals surface area (Å²) in [5.41, 5.74) is 0.149. The molecule has 2 N–H and O–H groups in total. The predicted octanol–water partition coefficient (Wildman–Crippen LogP) is 4.07. The normalized spacial score (nSPS) is 12.5. The van der Waals surface area contributed by atoms with Gasteiger partial charge in [-0.1, -0.05) is 12.1 Å². The van der Waals surface area contributed by atoms with Gasteiger partial charge in [0.25, 0.3) is 0 Å². The maximum Gasteiger partial charge on any atom is 0.408 e. The molecule has 1 aromatic heterocycles. The van der Waals surface area contributed by atoms with Crippen LogP contribution in [0.5, 0.6) is 0 Å². The molecule has 0 spiro atoms. The van der Waals surface area contributed by atoms with Crippen molar-refractivity contribution in [3.8, 4) is 10.4 Å². The third kappa shape index (κ3) is 5.86. The van der Waals surface area contributed by atoms with Crippen molar-refractivity contribution in [1.29, 1.82) is 0 Å². The van der Waals surface area contributed by atoms with E-state index in [1.54, 1.807) is 39.0 Å². The summed E-state index contributed by atoms with van der Waals surface area (Å²) < 4.78 is 18.1. The lowest BCUT2D eigenvalue weighted by molar-refractivity contribution is -0.139. The van der Waals surface area contributed by atoms with Crippen LogP contribution in [0.4, 0.5) is 9.18 Å². The molecule has 1 heterocycles. The number of aliphatic carboxylic acids is 1. The fourth-order valence-electron chi connectivity index (χ4n) is 2.11. The van der Waals surface area contributed by atoms with Crippen molar-refractivity contribution in [2.75, 3.05) is 0 Å². The maximum atomic E-state index is 13.0. The van der Waals surface area contributed by atoms with Gasteiger partial charge in [-0.05, 0) is 50.6 Å². The van der Waals surface area contributed by atoms with Crippen LogP contribution in [0.2, 0.25) is 0 Å². The third-order valence-electron chi connectivity index (χ3n) is 3.18. The molecule has 0 radical (unpaired) electrons. The molecule has 0 bridgehead atoms. The van der Waals surface area contributed by atoms with E-state index >= 15 is 0 Å². The van der Waals surface area contributed by atoms with E-state index in [1.165, 1.54) is 23.5 Å². The Kier molecular flexibility index (Phi) is 5.79. The largest absolute Gasteiger partial charge is 0.480 e. The van der Waals surface area contributed by atoms with Crippen LogP contribution in [0.1, 0.15) is 25.6 Å². The van der Waals surface area contributed by atoms with Gasteiger partial charge in [0.1, 0.15) is 17.5 Å². The minimum absolute atomic E-state index is 0.139. The number of alkyl carbamates (subject to hydrolysis) is 1. The highest BCUT2D eigenvalue weighted by molar-refractivity contribution is 7.15. The van der Waals surface area contributed by atoms with Gasteiger partial charge in [-0.3, -0.25) is 0 Å². The molecule has 134 valence electrons. The molecule has 25 heavy (non-hydrogen) atoms. The zero-order chi connectivity index (χ0) is 18.6. The van der Waals surface area contributed by atoms with Gasteiger partial charge in [-0.2, -0.15) is 0 Å². The second-order valence-corrected chi connectivity index (χ2v) is 7.68. The molecule has 0 aliphatic heterocycles. The van der Waals surface area contributed by atoms with Crippen molar-refractivity contribution in [3.63, 3.8) is 0 Å². The Morgan fingerprint density at radius 2 is 1.84 bits per heavy atom. The molecule has 0 aliphatic rings. The predicted molar refractivity (Wildman–Crippen MR) is 94.2 cm³/mol. The first-order valence-corrected chi connectivity index (χ1v) is 8.53. The Morgan fingerprint density at radius 1 is 1.20 bits per heavy atom. The first kappa shape index (κ1) is 18.9. The lowest BCUT2D eigenvalue weighted by Crippen LogP contribution is -2.44. The number of halogens is 1. The highest BCUT2D eigenvalue weighted by Gasteiger charge is 2.24. The quantitative estimate of drug-likeness (QED) is 0.837. The van der Waals surface area contributed by atoms with Crippen LogP contribution in [0.3, 0.4) is 0 Å². The van der Waals surface area contributed by atoms with Gasteiger partial charge in [0.05, 0.1) is 0 Å². The van der Waals surface area contributed by atoms with Crippen molar-refractivity contribution in [2.45, 2.75) is 38.8 Å². The van der Waals surface area contributed by atoms with Crippen LogP contribution in [0.15, 0.2) is 36.4 Å². The van der Waals surface area contributed by atoms with Gasteiger partial charge < -0.3 is 15.2 Å². The molecular weight excluding hydrogens is 345 g/mol. The van der Waals surface area contributed by atoms with Crippen LogP contribution >= 0.6 is 11.3 Å². The summed E-state index contributed by atoms with van der Waals surface area (Å²) >= 11 is 1.40. The van der Waals surface area contributed by atoms with E-state index in [0.717, 1.165) is 15.3 Å². The second-order valence-electron chi connectivity index (χ2n) is 6.51. The Hall–Kier alpha value is -2.41. The molecular formula is C18H20FNO4S. The van der Waals surface area contributed by atoms with Gasteiger partial charge in [-0.25, -0.2) is 14.0 Å². The number of carboxylic acids is 1. The number of thiophene rings is 1. The summed E-state index contributed by atoms with van der Waals surface area (Å²) in [4.78, 5) is 24.9. The molecule has 1 atom stereocenters. The summed E-state index contributed by atoms with van der Waals surface area (Å²) in [7, 11) is 0. The van der Waals surface area contributed by atoms with Crippen molar-refractivity contribution >= 4 is 23.4 Å². The molecule has 0 saturated carbocycles. The van der Waals surface area contributed by atoms with Crippen LogP contribution in [-0.4, -0.2) is 28.8 Å².